The lowest BCUT2D eigenvalue weighted by atomic mass is 9.96. The van der Waals surface area contributed by atoms with Gasteiger partial charge in [-0.25, -0.2) is 4.39 Å². The number of amides is 2. The maximum Gasteiger partial charge on any atom is 0.253 e. The molecule has 1 aliphatic rings. The fourth-order valence-corrected chi connectivity index (χ4v) is 3.50. The van der Waals surface area contributed by atoms with Gasteiger partial charge in [0, 0.05) is 37.5 Å². The first-order chi connectivity index (χ1) is 15.0. The van der Waals surface area contributed by atoms with Crippen LogP contribution in [0.4, 0.5) is 10.1 Å². The number of likely N-dealkylation sites (tertiary alicyclic amines) is 1. The van der Waals surface area contributed by atoms with E-state index in [2.05, 4.69) is 5.32 Å². The highest BCUT2D eigenvalue weighted by molar-refractivity contribution is 5.96. The van der Waals surface area contributed by atoms with E-state index >= 15 is 0 Å². The van der Waals surface area contributed by atoms with E-state index in [1.54, 1.807) is 37.3 Å². The summed E-state index contributed by atoms with van der Waals surface area (Å²) in [4.78, 5) is 27.2. The molecular weight excluding hydrogens is 403 g/mol. The van der Waals surface area contributed by atoms with Crippen LogP contribution >= 0.6 is 0 Å². The number of carbonyl (C=O) groups excluding carboxylic acids is 2. The summed E-state index contributed by atoms with van der Waals surface area (Å²) in [5, 5.41) is 2.91. The van der Waals surface area contributed by atoms with Crippen molar-refractivity contribution in [3.05, 3.63) is 53.8 Å². The molecule has 0 bridgehead atoms. The maximum absolute atomic E-state index is 13.1. The molecule has 3 rings (SSSR count). The standard InChI is InChI=1S/C23H27FN2O5/c1-29-12-13-31-21-14-19(9-10-20(21)30-2)25-22(27)17-4-3-11-26(15-17)23(28)16-5-7-18(24)8-6-16/h5-10,14,17H,3-4,11-13,15H2,1-2H3,(H,25,27). The summed E-state index contributed by atoms with van der Waals surface area (Å²) in [5.74, 6) is -0.0204. The number of anilines is 1. The molecule has 1 heterocycles. The van der Waals surface area contributed by atoms with Gasteiger partial charge < -0.3 is 24.4 Å². The molecule has 7 nitrogen and oxygen atoms in total. The number of hydrogen-bond acceptors (Lipinski definition) is 5. The van der Waals surface area contributed by atoms with E-state index in [1.165, 1.54) is 24.3 Å². The number of nitrogens with zero attached hydrogens (tertiary/aromatic N) is 1. The van der Waals surface area contributed by atoms with Crippen molar-refractivity contribution >= 4 is 17.5 Å². The molecule has 0 aromatic heterocycles. The molecule has 1 saturated heterocycles. The van der Waals surface area contributed by atoms with E-state index in [-0.39, 0.29) is 17.7 Å². The highest BCUT2D eigenvalue weighted by Crippen LogP contribution is 2.31. The van der Waals surface area contributed by atoms with Crippen LogP contribution in [0.25, 0.3) is 0 Å². The fourth-order valence-electron chi connectivity index (χ4n) is 3.50. The number of piperidine rings is 1. The van der Waals surface area contributed by atoms with Gasteiger partial charge in [-0.3, -0.25) is 9.59 Å². The van der Waals surface area contributed by atoms with E-state index < -0.39 is 5.82 Å². The molecule has 0 saturated carbocycles. The molecule has 2 amide bonds. The van der Waals surface area contributed by atoms with Crippen molar-refractivity contribution in [2.45, 2.75) is 12.8 Å². The quantitative estimate of drug-likeness (QED) is 0.650. The monoisotopic (exact) mass is 430 g/mol. The molecule has 0 spiro atoms. The van der Waals surface area contributed by atoms with Gasteiger partial charge in [-0.2, -0.15) is 0 Å². The summed E-state index contributed by atoms with van der Waals surface area (Å²) >= 11 is 0. The third-order valence-electron chi connectivity index (χ3n) is 5.15. The molecule has 1 fully saturated rings. The minimum atomic E-state index is -0.391. The van der Waals surface area contributed by atoms with Crippen LogP contribution in [-0.2, 0) is 9.53 Å². The van der Waals surface area contributed by atoms with Gasteiger partial charge in [-0.05, 0) is 49.2 Å². The molecule has 1 atom stereocenters. The van der Waals surface area contributed by atoms with Crippen molar-refractivity contribution in [2.75, 3.05) is 45.8 Å². The first-order valence-corrected chi connectivity index (χ1v) is 10.2. The topological polar surface area (TPSA) is 77.1 Å². The van der Waals surface area contributed by atoms with Crippen molar-refractivity contribution in [1.82, 2.24) is 4.90 Å². The van der Waals surface area contributed by atoms with E-state index in [0.717, 1.165) is 6.42 Å². The van der Waals surface area contributed by atoms with Gasteiger partial charge in [0.25, 0.3) is 5.91 Å². The Morgan fingerprint density at radius 1 is 1.10 bits per heavy atom. The lowest BCUT2D eigenvalue weighted by molar-refractivity contribution is -0.121. The molecular formula is C23H27FN2O5. The number of ether oxygens (including phenoxy) is 3. The molecule has 2 aromatic rings. The van der Waals surface area contributed by atoms with Crippen LogP contribution in [-0.4, -0.2) is 57.2 Å². The number of hydrogen-bond donors (Lipinski definition) is 1. The molecule has 2 aromatic carbocycles. The lowest BCUT2D eigenvalue weighted by Gasteiger charge is -2.32. The minimum absolute atomic E-state index is 0.162. The molecule has 1 aliphatic heterocycles. The predicted molar refractivity (Wildman–Crippen MR) is 114 cm³/mol. The zero-order valence-electron chi connectivity index (χ0n) is 17.7. The third kappa shape index (κ3) is 5.95. The Morgan fingerprint density at radius 2 is 1.87 bits per heavy atom. The number of carbonyl (C=O) groups is 2. The van der Waals surface area contributed by atoms with E-state index in [1.807, 2.05) is 0 Å². The van der Waals surface area contributed by atoms with Gasteiger partial charge in [0.2, 0.25) is 5.91 Å². The van der Waals surface area contributed by atoms with Crippen LogP contribution in [0.1, 0.15) is 23.2 Å². The normalized spacial score (nSPS) is 16.0. The summed E-state index contributed by atoms with van der Waals surface area (Å²) in [6.45, 7) is 1.67. The average molecular weight is 430 g/mol. The summed E-state index contributed by atoms with van der Waals surface area (Å²) in [5.41, 5.74) is 0.996. The molecule has 166 valence electrons. The molecule has 1 unspecified atom stereocenters. The minimum Gasteiger partial charge on any atom is -0.493 e. The number of benzene rings is 2. The second-order valence-corrected chi connectivity index (χ2v) is 7.29. The Kier molecular flexibility index (Phi) is 7.83. The Balaban J connectivity index is 1.64. The SMILES string of the molecule is COCCOc1cc(NC(=O)C2CCCN(C(=O)c3ccc(F)cc3)C2)ccc1OC. The Labute approximate surface area is 181 Å². The smallest absolute Gasteiger partial charge is 0.253 e. The van der Waals surface area contributed by atoms with E-state index in [4.69, 9.17) is 14.2 Å². The zero-order valence-corrected chi connectivity index (χ0v) is 17.7. The highest BCUT2D eigenvalue weighted by atomic mass is 19.1. The van der Waals surface area contributed by atoms with Gasteiger partial charge in [-0.15, -0.1) is 0 Å². The molecule has 1 N–H and O–H groups in total. The van der Waals surface area contributed by atoms with Crippen molar-refractivity contribution in [2.24, 2.45) is 5.92 Å². The van der Waals surface area contributed by atoms with Crippen molar-refractivity contribution < 1.29 is 28.2 Å². The van der Waals surface area contributed by atoms with Crippen molar-refractivity contribution in [3.63, 3.8) is 0 Å². The number of rotatable bonds is 8. The van der Waals surface area contributed by atoms with Crippen molar-refractivity contribution in [3.8, 4) is 11.5 Å². The van der Waals surface area contributed by atoms with Crippen LogP contribution in [0, 0.1) is 11.7 Å². The summed E-state index contributed by atoms with van der Waals surface area (Å²) in [6, 6.07) is 10.6. The number of nitrogens with one attached hydrogen (secondary N) is 1. The summed E-state index contributed by atoms with van der Waals surface area (Å²) < 4.78 is 29.1. The summed E-state index contributed by atoms with van der Waals surface area (Å²) in [6.07, 6.45) is 1.41. The first kappa shape index (κ1) is 22.6. The van der Waals surface area contributed by atoms with Crippen LogP contribution in [0.3, 0.4) is 0 Å². The summed E-state index contributed by atoms with van der Waals surface area (Å²) in [7, 11) is 3.14. The van der Waals surface area contributed by atoms with Gasteiger partial charge in [0.15, 0.2) is 11.5 Å². The van der Waals surface area contributed by atoms with Crippen LogP contribution in [0.2, 0.25) is 0 Å². The number of methoxy groups -OCH3 is 2. The Bertz CT molecular complexity index is 903. The predicted octanol–water partition coefficient (Wildman–Crippen LogP) is 3.35. The highest BCUT2D eigenvalue weighted by Gasteiger charge is 2.29. The van der Waals surface area contributed by atoms with Crippen LogP contribution in [0.15, 0.2) is 42.5 Å². The lowest BCUT2D eigenvalue weighted by Crippen LogP contribution is -2.43. The van der Waals surface area contributed by atoms with Crippen LogP contribution < -0.4 is 14.8 Å². The third-order valence-corrected chi connectivity index (χ3v) is 5.15. The first-order valence-electron chi connectivity index (χ1n) is 10.2. The molecule has 0 aliphatic carbocycles. The molecule has 31 heavy (non-hydrogen) atoms. The Morgan fingerprint density at radius 3 is 2.58 bits per heavy atom. The zero-order chi connectivity index (χ0) is 22.2. The molecule has 0 radical (unpaired) electrons. The van der Waals surface area contributed by atoms with Gasteiger partial charge in [0.05, 0.1) is 19.6 Å². The van der Waals surface area contributed by atoms with Crippen LogP contribution in [0.5, 0.6) is 11.5 Å². The number of halogens is 1. The Hall–Kier alpha value is -3.13. The van der Waals surface area contributed by atoms with Gasteiger partial charge in [0.1, 0.15) is 12.4 Å². The average Bonchev–Trinajstić information content (AvgIpc) is 2.79. The molecule has 8 heteroatoms. The maximum atomic E-state index is 13.1. The van der Waals surface area contributed by atoms with Gasteiger partial charge >= 0.3 is 0 Å². The van der Waals surface area contributed by atoms with Crippen molar-refractivity contribution in [1.29, 1.82) is 0 Å². The van der Waals surface area contributed by atoms with E-state index in [0.29, 0.717) is 55.5 Å². The largest absolute Gasteiger partial charge is 0.493 e. The van der Waals surface area contributed by atoms with Gasteiger partial charge in [-0.1, -0.05) is 0 Å². The fraction of sp³-hybridized carbons (Fsp3) is 0.391. The van der Waals surface area contributed by atoms with E-state index in [9.17, 15) is 14.0 Å². The second-order valence-electron chi connectivity index (χ2n) is 7.29. The second kappa shape index (κ2) is 10.8.